The smallest absolute Gasteiger partial charge is 0.220 e. The van der Waals surface area contributed by atoms with E-state index in [0.29, 0.717) is 28.6 Å². The standard InChI is InChI=1S/C15H21ClN4O/c1-19-15(21)6-10-2-4-20(5-3-10)14-8-11(16)7-13(18)12(14)9-17/h7-10,17H,2-6,18H2,1H3,(H,19,21). The number of carbonyl (C=O) groups excluding carboxylic acids is 1. The van der Waals surface area contributed by atoms with E-state index in [1.165, 1.54) is 6.21 Å². The lowest BCUT2D eigenvalue weighted by molar-refractivity contribution is -0.121. The maximum Gasteiger partial charge on any atom is 0.220 e. The molecule has 6 heteroatoms. The van der Waals surface area contributed by atoms with E-state index in [0.717, 1.165) is 31.6 Å². The van der Waals surface area contributed by atoms with Crippen LogP contribution in [0.5, 0.6) is 0 Å². The summed E-state index contributed by atoms with van der Waals surface area (Å²) in [4.78, 5) is 13.6. The molecule has 1 saturated heterocycles. The summed E-state index contributed by atoms with van der Waals surface area (Å²) in [6.07, 6.45) is 3.77. The zero-order valence-electron chi connectivity index (χ0n) is 12.2. The molecule has 1 aromatic carbocycles. The molecule has 1 aromatic rings. The molecule has 1 aliphatic rings. The third kappa shape index (κ3) is 3.67. The topological polar surface area (TPSA) is 82.2 Å². The minimum absolute atomic E-state index is 0.0978. The Morgan fingerprint density at radius 1 is 1.52 bits per heavy atom. The van der Waals surface area contributed by atoms with Crippen LogP contribution in [0.15, 0.2) is 12.1 Å². The maximum absolute atomic E-state index is 11.4. The van der Waals surface area contributed by atoms with E-state index in [-0.39, 0.29) is 5.91 Å². The summed E-state index contributed by atoms with van der Waals surface area (Å²) in [5, 5.41) is 10.8. The summed E-state index contributed by atoms with van der Waals surface area (Å²) in [7, 11) is 1.67. The van der Waals surface area contributed by atoms with Gasteiger partial charge >= 0.3 is 0 Å². The average Bonchev–Trinajstić information content (AvgIpc) is 2.47. The summed E-state index contributed by atoms with van der Waals surface area (Å²) in [6.45, 7) is 1.70. The molecule has 21 heavy (non-hydrogen) atoms. The van der Waals surface area contributed by atoms with Gasteiger partial charge in [0.05, 0.1) is 0 Å². The van der Waals surface area contributed by atoms with Crippen LogP contribution in [0, 0.1) is 11.3 Å². The van der Waals surface area contributed by atoms with Crippen LogP contribution in [0.1, 0.15) is 24.8 Å². The van der Waals surface area contributed by atoms with Crippen molar-refractivity contribution in [3.63, 3.8) is 0 Å². The monoisotopic (exact) mass is 308 g/mol. The van der Waals surface area contributed by atoms with Gasteiger partial charge in [-0.1, -0.05) is 11.6 Å². The fourth-order valence-electron chi connectivity index (χ4n) is 2.79. The number of benzene rings is 1. The Morgan fingerprint density at radius 3 is 2.76 bits per heavy atom. The molecule has 0 aromatic heterocycles. The van der Waals surface area contributed by atoms with Crippen molar-refractivity contribution in [1.29, 1.82) is 5.41 Å². The van der Waals surface area contributed by atoms with E-state index in [1.807, 2.05) is 6.07 Å². The molecule has 0 bridgehead atoms. The summed E-state index contributed by atoms with van der Waals surface area (Å²) in [6, 6.07) is 3.53. The van der Waals surface area contributed by atoms with Gasteiger partial charge in [0.1, 0.15) is 0 Å². The van der Waals surface area contributed by atoms with Crippen LogP contribution in [0.25, 0.3) is 0 Å². The van der Waals surface area contributed by atoms with Gasteiger partial charge in [0.2, 0.25) is 5.91 Å². The third-order valence-corrected chi connectivity index (χ3v) is 4.23. The maximum atomic E-state index is 11.4. The summed E-state index contributed by atoms with van der Waals surface area (Å²) < 4.78 is 0. The van der Waals surface area contributed by atoms with Crippen molar-refractivity contribution in [2.45, 2.75) is 19.3 Å². The Bertz CT molecular complexity index is 539. The van der Waals surface area contributed by atoms with Crippen molar-refractivity contribution in [2.75, 3.05) is 30.8 Å². The third-order valence-electron chi connectivity index (χ3n) is 4.01. The number of nitrogens with zero attached hydrogens (tertiary/aromatic N) is 1. The molecule has 0 unspecified atom stereocenters. The molecule has 2 rings (SSSR count). The molecule has 0 spiro atoms. The lowest BCUT2D eigenvalue weighted by Crippen LogP contribution is -2.36. The van der Waals surface area contributed by atoms with Crippen LogP contribution in [-0.4, -0.2) is 32.3 Å². The highest BCUT2D eigenvalue weighted by Gasteiger charge is 2.23. The first-order valence-corrected chi connectivity index (χ1v) is 7.48. The predicted molar refractivity (Wildman–Crippen MR) is 87.4 cm³/mol. The Kier molecular flexibility index (Phi) is 5.07. The van der Waals surface area contributed by atoms with Crippen molar-refractivity contribution in [1.82, 2.24) is 5.32 Å². The van der Waals surface area contributed by atoms with E-state index < -0.39 is 0 Å². The Hall–Kier alpha value is -1.75. The molecule has 1 amide bonds. The highest BCUT2D eigenvalue weighted by molar-refractivity contribution is 6.31. The van der Waals surface area contributed by atoms with Gasteiger partial charge in [0.15, 0.2) is 0 Å². The largest absolute Gasteiger partial charge is 0.398 e. The van der Waals surface area contributed by atoms with Gasteiger partial charge in [-0.25, -0.2) is 0 Å². The second kappa shape index (κ2) is 6.80. The highest BCUT2D eigenvalue weighted by Crippen LogP contribution is 2.32. The van der Waals surface area contributed by atoms with Gasteiger partial charge in [-0.15, -0.1) is 0 Å². The molecule has 0 radical (unpaired) electrons. The van der Waals surface area contributed by atoms with E-state index in [2.05, 4.69) is 10.2 Å². The lowest BCUT2D eigenvalue weighted by atomic mass is 9.92. The molecular formula is C15H21ClN4O. The van der Waals surface area contributed by atoms with Gasteiger partial charge in [-0.3, -0.25) is 4.79 Å². The Balaban J connectivity index is 2.09. The Morgan fingerprint density at radius 2 is 2.19 bits per heavy atom. The number of hydrogen-bond acceptors (Lipinski definition) is 4. The zero-order valence-corrected chi connectivity index (χ0v) is 12.9. The number of anilines is 2. The molecule has 0 saturated carbocycles. The Labute approximate surface area is 130 Å². The first kappa shape index (κ1) is 15.6. The van der Waals surface area contributed by atoms with E-state index in [1.54, 1.807) is 13.1 Å². The fourth-order valence-corrected chi connectivity index (χ4v) is 3.01. The van der Waals surface area contributed by atoms with Gasteiger partial charge in [-0.2, -0.15) is 0 Å². The van der Waals surface area contributed by atoms with Crippen LogP contribution in [-0.2, 0) is 4.79 Å². The molecule has 1 aliphatic heterocycles. The van der Waals surface area contributed by atoms with Gasteiger partial charge in [-0.05, 0) is 30.9 Å². The first-order valence-electron chi connectivity index (χ1n) is 7.10. The molecule has 0 atom stereocenters. The number of hydrogen-bond donors (Lipinski definition) is 3. The second-order valence-electron chi connectivity index (χ2n) is 5.38. The summed E-state index contributed by atoms with van der Waals surface area (Å²) >= 11 is 6.08. The summed E-state index contributed by atoms with van der Waals surface area (Å²) in [5.74, 6) is 0.516. The highest BCUT2D eigenvalue weighted by atomic mass is 35.5. The van der Waals surface area contributed by atoms with Crippen molar-refractivity contribution in [3.05, 3.63) is 22.7 Å². The second-order valence-corrected chi connectivity index (χ2v) is 5.82. The van der Waals surface area contributed by atoms with Crippen LogP contribution < -0.4 is 16.0 Å². The lowest BCUT2D eigenvalue weighted by Gasteiger charge is -2.34. The number of nitrogens with one attached hydrogen (secondary N) is 2. The van der Waals surface area contributed by atoms with E-state index in [4.69, 9.17) is 22.7 Å². The number of nitrogens with two attached hydrogens (primary N) is 1. The number of nitrogen functional groups attached to an aromatic ring is 1. The van der Waals surface area contributed by atoms with Crippen LogP contribution in [0.4, 0.5) is 11.4 Å². The molecule has 5 nitrogen and oxygen atoms in total. The number of piperidine rings is 1. The van der Waals surface area contributed by atoms with Crippen molar-refractivity contribution in [3.8, 4) is 0 Å². The minimum atomic E-state index is 0.0978. The first-order chi connectivity index (χ1) is 10.0. The predicted octanol–water partition coefficient (Wildman–Crippen LogP) is 2.27. The van der Waals surface area contributed by atoms with Crippen LogP contribution in [0.3, 0.4) is 0 Å². The molecule has 0 aliphatic carbocycles. The number of amides is 1. The molecule has 114 valence electrons. The van der Waals surface area contributed by atoms with Crippen LogP contribution in [0.2, 0.25) is 5.02 Å². The van der Waals surface area contributed by atoms with Crippen LogP contribution >= 0.6 is 11.6 Å². The van der Waals surface area contributed by atoms with Crippen molar-refractivity contribution < 1.29 is 4.79 Å². The van der Waals surface area contributed by atoms with Crippen molar-refractivity contribution >= 4 is 35.1 Å². The minimum Gasteiger partial charge on any atom is -0.398 e. The number of carbonyl (C=O) groups is 1. The van der Waals surface area contributed by atoms with Crippen molar-refractivity contribution in [2.24, 2.45) is 5.92 Å². The number of halogens is 1. The SMILES string of the molecule is CNC(=O)CC1CCN(c2cc(Cl)cc(N)c2C=N)CC1. The summed E-state index contributed by atoms with van der Waals surface area (Å²) in [5.41, 5.74) is 8.09. The number of rotatable bonds is 4. The van der Waals surface area contributed by atoms with Gasteiger partial charge in [0.25, 0.3) is 0 Å². The fraction of sp³-hybridized carbons (Fsp3) is 0.467. The molecule has 4 N–H and O–H groups in total. The van der Waals surface area contributed by atoms with E-state index in [9.17, 15) is 4.79 Å². The quantitative estimate of drug-likeness (QED) is 0.589. The van der Waals surface area contributed by atoms with Gasteiger partial charge in [0, 0.05) is 54.7 Å². The average molecular weight is 309 g/mol. The molecule has 1 heterocycles. The molecular weight excluding hydrogens is 288 g/mol. The normalized spacial score (nSPS) is 15.8. The van der Waals surface area contributed by atoms with Gasteiger partial charge < -0.3 is 21.4 Å². The molecule has 1 fully saturated rings. The van der Waals surface area contributed by atoms with E-state index >= 15 is 0 Å². The zero-order chi connectivity index (χ0) is 15.4.